The van der Waals surface area contributed by atoms with Crippen molar-refractivity contribution in [1.29, 1.82) is 0 Å². The highest BCUT2D eigenvalue weighted by molar-refractivity contribution is 6.49. The molecular formula is C13H25BO4. The van der Waals surface area contributed by atoms with E-state index in [4.69, 9.17) is 18.8 Å². The van der Waals surface area contributed by atoms with Crippen LogP contribution in [0.15, 0.2) is 12.7 Å². The van der Waals surface area contributed by atoms with Gasteiger partial charge in [0.2, 0.25) is 5.69 Å². The second kappa shape index (κ2) is 5.33. The van der Waals surface area contributed by atoms with E-state index in [0.717, 1.165) is 0 Å². The highest BCUT2D eigenvalue weighted by atomic mass is 16.8. The monoisotopic (exact) mass is 256 g/mol. The molecule has 1 fully saturated rings. The Bertz CT molecular complexity index is 279. The maximum atomic E-state index is 5.98. The maximum absolute atomic E-state index is 5.98. The zero-order valence-corrected chi connectivity index (χ0v) is 12.4. The smallest absolute Gasteiger partial charge is 0.400 e. The summed E-state index contributed by atoms with van der Waals surface area (Å²) < 4.78 is 23.4. The third-order valence-corrected chi connectivity index (χ3v) is 3.61. The van der Waals surface area contributed by atoms with Gasteiger partial charge in [0.05, 0.1) is 11.2 Å². The predicted molar refractivity (Wildman–Crippen MR) is 72.3 cm³/mol. The van der Waals surface area contributed by atoms with Crippen LogP contribution < -0.4 is 0 Å². The molecule has 0 N–H and O–H groups in total. The summed E-state index contributed by atoms with van der Waals surface area (Å²) in [4.78, 5) is 0. The van der Waals surface area contributed by atoms with Crippen LogP contribution in [0.25, 0.3) is 0 Å². The lowest BCUT2D eigenvalue weighted by molar-refractivity contribution is -0.161. The van der Waals surface area contributed by atoms with Crippen molar-refractivity contribution in [3.63, 3.8) is 0 Å². The topological polar surface area (TPSA) is 36.9 Å². The van der Waals surface area contributed by atoms with E-state index in [1.807, 2.05) is 41.5 Å². The highest BCUT2D eigenvalue weighted by Crippen LogP contribution is 2.41. The first-order chi connectivity index (χ1) is 8.24. The summed E-state index contributed by atoms with van der Waals surface area (Å²) in [6.45, 7) is 16.6. The molecule has 5 heteroatoms. The van der Waals surface area contributed by atoms with Gasteiger partial charge in [0, 0.05) is 13.2 Å². The predicted octanol–water partition coefficient (Wildman–Crippen LogP) is 2.57. The zero-order valence-electron chi connectivity index (χ0n) is 12.4. The Morgan fingerprint density at radius 1 is 1.06 bits per heavy atom. The fourth-order valence-electron chi connectivity index (χ4n) is 1.85. The lowest BCUT2D eigenvalue weighted by atomic mass is 9.76. The maximum Gasteiger partial charge on any atom is 0.526 e. The molecular weight excluding hydrogens is 231 g/mol. The lowest BCUT2D eigenvalue weighted by Gasteiger charge is -2.32. The molecule has 0 amide bonds. The van der Waals surface area contributed by atoms with E-state index in [-0.39, 0.29) is 0 Å². The first-order valence-corrected chi connectivity index (χ1v) is 6.52. The van der Waals surface area contributed by atoms with Crippen LogP contribution in [-0.4, -0.2) is 37.2 Å². The molecule has 4 nitrogen and oxygen atoms in total. The van der Waals surface area contributed by atoms with Gasteiger partial charge < -0.3 is 18.8 Å². The molecule has 1 aliphatic heterocycles. The van der Waals surface area contributed by atoms with Gasteiger partial charge in [0.1, 0.15) is 0 Å². The first-order valence-electron chi connectivity index (χ1n) is 6.52. The summed E-state index contributed by atoms with van der Waals surface area (Å²) in [5.41, 5.74) is -1.88. The van der Waals surface area contributed by atoms with Crippen molar-refractivity contribution in [2.45, 2.75) is 58.4 Å². The quantitative estimate of drug-likeness (QED) is 0.416. The van der Waals surface area contributed by atoms with Gasteiger partial charge in [0.25, 0.3) is 0 Å². The Kier molecular flexibility index (Phi) is 4.65. The molecule has 1 saturated heterocycles. The van der Waals surface area contributed by atoms with Gasteiger partial charge >= 0.3 is 7.12 Å². The molecule has 0 aromatic heterocycles. The van der Waals surface area contributed by atoms with E-state index in [1.165, 1.54) is 0 Å². The van der Waals surface area contributed by atoms with E-state index in [1.54, 1.807) is 6.08 Å². The van der Waals surface area contributed by atoms with Gasteiger partial charge in [-0.3, -0.25) is 0 Å². The van der Waals surface area contributed by atoms with Crippen molar-refractivity contribution in [2.24, 2.45) is 0 Å². The van der Waals surface area contributed by atoms with E-state index in [0.29, 0.717) is 13.2 Å². The van der Waals surface area contributed by atoms with Crippen LogP contribution in [-0.2, 0) is 18.8 Å². The molecule has 18 heavy (non-hydrogen) atoms. The van der Waals surface area contributed by atoms with Crippen LogP contribution in [0.5, 0.6) is 0 Å². The van der Waals surface area contributed by atoms with Gasteiger partial charge in [0.15, 0.2) is 0 Å². The van der Waals surface area contributed by atoms with Crippen LogP contribution in [0.1, 0.15) is 41.5 Å². The summed E-state index contributed by atoms with van der Waals surface area (Å²) in [6.07, 6.45) is 1.61. The standard InChI is InChI=1S/C13H25BO4/c1-8-13(15-9-2,16-10-3)14-17-11(4,5)12(6,7)18-14/h8H,1,9-10H2,2-7H3. The molecule has 0 bridgehead atoms. The van der Waals surface area contributed by atoms with Crippen LogP contribution in [0.3, 0.4) is 0 Å². The third kappa shape index (κ3) is 2.64. The molecule has 0 radical (unpaired) electrons. The lowest BCUT2D eigenvalue weighted by Crippen LogP contribution is -2.51. The Hall–Kier alpha value is -0.355. The van der Waals surface area contributed by atoms with Crippen LogP contribution >= 0.6 is 0 Å². The summed E-state index contributed by atoms with van der Waals surface area (Å²) in [5.74, 6) is 0. The van der Waals surface area contributed by atoms with Crippen LogP contribution in [0.4, 0.5) is 0 Å². The van der Waals surface area contributed by atoms with E-state index >= 15 is 0 Å². The van der Waals surface area contributed by atoms with Gasteiger partial charge in [-0.1, -0.05) is 6.58 Å². The van der Waals surface area contributed by atoms with Gasteiger partial charge in [-0.25, -0.2) is 0 Å². The van der Waals surface area contributed by atoms with Crippen molar-refractivity contribution in [3.8, 4) is 0 Å². The number of hydrogen-bond acceptors (Lipinski definition) is 4. The molecule has 1 aliphatic rings. The summed E-state index contributed by atoms with van der Waals surface area (Å²) >= 11 is 0. The molecule has 1 rings (SSSR count). The van der Waals surface area contributed by atoms with Crippen molar-refractivity contribution >= 4 is 7.12 Å². The number of rotatable bonds is 6. The van der Waals surface area contributed by atoms with Crippen molar-refractivity contribution in [3.05, 3.63) is 12.7 Å². The fraction of sp³-hybridized carbons (Fsp3) is 0.846. The summed E-state index contributed by atoms with van der Waals surface area (Å²) in [5, 5.41) is 0. The van der Waals surface area contributed by atoms with Crippen molar-refractivity contribution in [1.82, 2.24) is 0 Å². The molecule has 1 heterocycles. The second-order valence-corrected chi connectivity index (χ2v) is 5.38. The molecule has 0 unspecified atom stereocenters. The minimum atomic E-state index is -1.05. The molecule has 104 valence electrons. The fourth-order valence-corrected chi connectivity index (χ4v) is 1.85. The van der Waals surface area contributed by atoms with Gasteiger partial charge in [-0.05, 0) is 47.6 Å². The Balaban J connectivity index is 2.99. The summed E-state index contributed by atoms with van der Waals surface area (Å²) in [7, 11) is -0.611. The second-order valence-electron chi connectivity index (χ2n) is 5.38. The number of hydrogen-bond donors (Lipinski definition) is 0. The Labute approximate surface area is 111 Å². The van der Waals surface area contributed by atoms with Gasteiger partial charge in [-0.15, -0.1) is 0 Å². The normalized spacial score (nSPS) is 22.2. The SMILES string of the molecule is C=CC(OCC)(OCC)B1OC(C)(C)C(C)(C)O1. The molecule has 0 atom stereocenters. The van der Waals surface area contributed by atoms with E-state index in [2.05, 4.69) is 6.58 Å². The third-order valence-electron chi connectivity index (χ3n) is 3.61. The Morgan fingerprint density at radius 3 is 1.72 bits per heavy atom. The zero-order chi connectivity index (χ0) is 14.0. The molecule has 0 aromatic rings. The van der Waals surface area contributed by atoms with Crippen molar-refractivity contribution in [2.75, 3.05) is 13.2 Å². The molecule has 0 aromatic carbocycles. The largest absolute Gasteiger partial charge is 0.526 e. The molecule has 0 spiro atoms. The van der Waals surface area contributed by atoms with Gasteiger partial charge in [-0.2, -0.15) is 0 Å². The average Bonchev–Trinajstić information content (AvgIpc) is 2.48. The van der Waals surface area contributed by atoms with E-state index < -0.39 is 24.0 Å². The van der Waals surface area contributed by atoms with Crippen molar-refractivity contribution < 1.29 is 18.8 Å². The minimum Gasteiger partial charge on any atom is -0.400 e. The highest BCUT2D eigenvalue weighted by Gasteiger charge is 2.60. The van der Waals surface area contributed by atoms with E-state index in [9.17, 15) is 0 Å². The average molecular weight is 256 g/mol. The summed E-state index contributed by atoms with van der Waals surface area (Å²) in [6, 6.07) is 0. The molecule has 0 aliphatic carbocycles. The molecule has 0 saturated carbocycles. The Morgan fingerprint density at radius 2 is 1.44 bits per heavy atom. The first kappa shape index (κ1) is 15.7. The number of ether oxygens (including phenoxy) is 2. The van der Waals surface area contributed by atoms with Crippen LogP contribution in [0.2, 0.25) is 0 Å². The van der Waals surface area contributed by atoms with Crippen LogP contribution in [0, 0.1) is 0 Å². The minimum absolute atomic E-state index is 0.417.